The third-order valence-electron chi connectivity index (χ3n) is 4.17. The first-order chi connectivity index (χ1) is 8.53. The third-order valence-corrected chi connectivity index (χ3v) is 6.05. The Balaban J connectivity index is 2.68. The van der Waals surface area contributed by atoms with Gasteiger partial charge in [0.1, 0.15) is 0 Å². The maximum Gasteiger partial charge on any atom is 0.0506 e. The summed E-state index contributed by atoms with van der Waals surface area (Å²) < 4.78 is 12.5. The highest BCUT2D eigenvalue weighted by atomic mass is 32.2. The van der Waals surface area contributed by atoms with E-state index in [1.165, 1.54) is 12.8 Å². The van der Waals surface area contributed by atoms with E-state index >= 15 is 0 Å². The van der Waals surface area contributed by atoms with Crippen molar-refractivity contribution in [3.05, 3.63) is 0 Å². The van der Waals surface area contributed by atoms with Crippen molar-refractivity contribution in [3.8, 4) is 0 Å². The molecule has 18 heavy (non-hydrogen) atoms. The molecule has 0 aromatic rings. The van der Waals surface area contributed by atoms with Crippen molar-refractivity contribution in [2.75, 3.05) is 12.3 Å². The average Bonchev–Trinajstić information content (AvgIpc) is 2.33. The molecule has 3 heteroatoms. The van der Waals surface area contributed by atoms with Gasteiger partial charge in [-0.05, 0) is 37.6 Å². The Labute approximate surface area is 116 Å². The number of hydrogen-bond donors (Lipinski definition) is 1. The number of hydrogen-bond acceptors (Lipinski definition) is 2. The molecule has 1 aliphatic rings. The quantitative estimate of drug-likeness (QED) is 0.769. The van der Waals surface area contributed by atoms with E-state index in [1.54, 1.807) is 0 Å². The van der Waals surface area contributed by atoms with Gasteiger partial charge in [0.2, 0.25) is 0 Å². The second kappa shape index (κ2) is 7.64. The van der Waals surface area contributed by atoms with Crippen LogP contribution in [-0.4, -0.2) is 27.8 Å². The van der Waals surface area contributed by atoms with Crippen LogP contribution in [0.4, 0.5) is 0 Å². The van der Waals surface area contributed by atoms with Crippen LogP contribution in [0.3, 0.4) is 0 Å². The van der Waals surface area contributed by atoms with Crippen molar-refractivity contribution in [1.82, 2.24) is 5.32 Å². The number of rotatable bonds is 7. The molecular formula is C15H31NOS. The Morgan fingerprint density at radius 1 is 1.28 bits per heavy atom. The molecule has 1 rings (SSSR count). The molecule has 0 radical (unpaired) electrons. The van der Waals surface area contributed by atoms with Crippen molar-refractivity contribution in [3.63, 3.8) is 0 Å². The van der Waals surface area contributed by atoms with Crippen molar-refractivity contribution >= 4 is 10.8 Å². The SMILES string of the molecule is CCCCS(=O)C1CCCC(C)(C)C1NCCC. The average molecular weight is 273 g/mol. The molecule has 0 aromatic carbocycles. The van der Waals surface area contributed by atoms with Crippen LogP contribution in [0, 0.1) is 5.41 Å². The summed E-state index contributed by atoms with van der Waals surface area (Å²) >= 11 is 0. The van der Waals surface area contributed by atoms with Gasteiger partial charge in [0.05, 0.1) is 5.25 Å². The summed E-state index contributed by atoms with van der Waals surface area (Å²) in [6.45, 7) is 10.1. The summed E-state index contributed by atoms with van der Waals surface area (Å²) in [6, 6.07) is 0.434. The van der Waals surface area contributed by atoms with E-state index < -0.39 is 10.8 Å². The maximum absolute atomic E-state index is 12.5. The Morgan fingerprint density at radius 2 is 2.00 bits per heavy atom. The number of nitrogens with one attached hydrogen (secondary N) is 1. The highest BCUT2D eigenvalue weighted by molar-refractivity contribution is 7.85. The van der Waals surface area contributed by atoms with Gasteiger partial charge in [-0.15, -0.1) is 0 Å². The molecule has 108 valence electrons. The predicted octanol–water partition coefficient (Wildman–Crippen LogP) is 3.48. The molecule has 0 spiro atoms. The lowest BCUT2D eigenvalue weighted by Gasteiger charge is -2.44. The molecule has 1 N–H and O–H groups in total. The fourth-order valence-corrected chi connectivity index (χ4v) is 5.09. The largest absolute Gasteiger partial charge is 0.312 e. The van der Waals surface area contributed by atoms with Crippen LogP contribution in [0.5, 0.6) is 0 Å². The van der Waals surface area contributed by atoms with Gasteiger partial charge < -0.3 is 5.32 Å². The van der Waals surface area contributed by atoms with E-state index in [0.717, 1.165) is 38.0 Å². The Kier molecular flexibility index (Phi) is 6.86. The van der Waals surface area contributed by atoms with E-state index in [9.17, 15) is 4.21 Å². The first kappa shape index (κ1) is 16.2. The van der Waals surface area contributed by atoms with E-state index in [0.29, 0.717) is 16.7 Å². The minimum atomic E-state index is -0.649. The van der Waals surface area contributed by atoms with Crippen molar-refractivity contribution in [2.45, 2.75) is 77.5 Å². The van der Waals surface area contributed by atoms with Crippen LogP contribution >= 0.6 is 0 Å². The molecule has 3 unspecified atom stereocenters. The molecule has 0 heterocycles. The van der Waals surface area contributed by atoms with E-state index in [-0.39, 0.29) is 0 Å². The standard InChI is InChI=1S/C15H31NOS/c1-5-7-12-18(17)13-9-8-10-15(3,4)14(13)16-11-6-2/h13-14,16H,5-12H2,1-4H3. The Morgan fingerprint density at radius 3 is 2.61 bits per heavy atom. The second-order valence-corrected chi connectivity index (χ2v) is 8.06. The lowest BCUT2D eigenvalue weighted by molar-refractivity contribution is 0.173. The maximum atomic E-state index is 12.5. The van der Waals surface area contributed by atoms with Crippen molar-refractivity contribution < 1.29 is 4.21 Å². The van der Waals surface area contributed by atoms with Gasteiger partial charge in [-0.1, -0.05) is 40.5 Å². The van der Waals surface area contributed by atoms with Crippen LogP contribution in [0.1, 0.15) is 66.2 Å². The van der Waals surface area contributed by atoms with Crippen LogP contribution in [0.15, 0.2) is 0 Å². The third kappa shape index (κ3) is 4.34. The normalized spacial score (nSPS) is 29.1. The molecule has 0 aromatic heterocycles. The van der Waals surface area contributed by atoms with Gasteiger partial charge in [-0.25, -0.2) is 0 Å². The zero-order valence-corrected chi connectivity index (χ0v) is 13.4. The van der Waals surface area contributed by atoms with Crippen molar-refractivity contribution in [1.29, 1.82) is 0 Å². The molecule has 1 aliphatic carbocycles. The Bertz CT molecular complexity index is 265. The summed E-state index contributed by atoms with van der Waals surface area (Å²) in [4.78, 5) is 0. The molecule has 0 saturated heterocycles. The van der Waals surface area contributed by atoms with Gasteiger partial charge in [0, 0.05) is 22.6 Å². The summed E-state index contributed by atoms with van der Waals surface area (Å²) in [5, 5.41) is 4.04. The monoisotopic (exact) mass is 273 g/mol. The zero-order valence-electron chi connectivity index (χ0n) is 12.6. The lowest BCUT2D eigenvalue weighted by Crippen LogP contribution is -2.54. The first-order valence-electron chi connectivity index (χ1n) is 7.63. The molecule has 0 bridgehead atoms. The lowest BCUT2D eigenvalue weighted by atomic mass is 9.73. The Hall–Kier alpha value is 0.110. The van der Waals surface area contributed by atoms with Gasteiger partial charge in [-0.3, -0.25) is 4.21 Å². The van der Waals surface area contributed by atoms with Gasteiger partial charge in [-0.2, -0.15) is 0 Å². The number of unbranched alkanes of at least 4 members (excludes halogenated alkanes) is 1. The topological polar surface area (TPSA) is 29.1 Å². The minimum absolute atomic E-state index is 0.292. The van der Waals surface area contributed by atoms with Gasteiger partial charge >= 0.3 is 0 Å². The van der Waals surface area contributed by atoms with Crippen LogP contribution in [0.25, 0.3) is 0 Å². The van der Waals surface area contributed by atoms with Crippen molar-refractivity contribution in [2.24, 2.45) is 5.41 Å². The van der Waals surface area contributed by atoms with E-state index in [4.69, 9.17) is 0 Å². The smallest absolute Gasteiger partial charge is 0.0506 e. The van der Waals surface area contributed by atoms with Crippen LogP contribution < -0.4 is 5.32 Å². The summed E-state index contributed by atoms with van der Waals surface area (Å²) in [5.74, 6) is 0.890. The predicted molar refractivity (Wildman–Crippen MR) is 81.4 cm³/mol. The van der Waals surface area contributed by atoms with Crippen LogP contribution in [0.2, 0.25) is 0 Å². The zero-order chi connectivity index (χ0) is 13.6. The molecule has 2 nitrogen and oxygen atoms in total. The molecule has 1 saturated carbocycles. The molecule has 0 amide bonds. The fourth-order valence-electron chi connectivity index (χ4n) is 3.01. The summed E-state index contributed by atoms with van der Waals surface area (Å²) in [5.41, 5.74) is 0.292. The van der Waals surface area contributed by atoms with E-state index in [1.807, 2.05) is 0 Å². The minimum Gasteiger partial charge on any atom is -0.312 e. The highest BCUT2D eigenvalue weighted by Crippen LogP contribution is 2.38. The van der Waals surface area contributed by atoms with E-state index in [2.05, 4.69) is 33.0 Å². The van der Waals surface area contributed by atoms with Crippen LogP contribution in [-0.2, 0) is 10.8 Å². The highest BCUT2D eigenvalue weighted by Gasteiger charge is 2.40. The molecule has 1 fully saturated rings. The molecular weight excluding hydrogens is 242 g/mol. The molecule has 0 aliphatic heterocycles. The fraction of sp³-hybridized carbons (Fsp3) is 1.00. The second-order valence-electron chi connectivity index (χ2n) is 6.29. The summed E-state index contributed by atoms with van der Waals surface area (Å²) in [6.07, 6.45) is 7.04. The first-order valence-corrected chi connectivity index (χ1v) is 9.01. The molecule has 3 atom stereocenters. The van der Waals surface area contributed by atoms with Gasteiger partial charge in [0.15, 0.2) is 0 Å². The summed E-state index contributed by atoms with van der Waals surface area (Å²) in [7, 11) is -0.649. The van der Waals surface area contributed by atoms with Gasteiger partial charge in [0.25, 0.3) is 0 Å².